The normalized spacial score (nSPS) is 22.1. The Morgan fingerprint density at radius 3 is 2.62 bits per heavy atom. The first-order valence-electron chi connectivity index (χ1n) is 6.53. The van der Waals surface area contributed by atoms with Gasteiger partial charge in [0.2, 0.25) is 0 Å². The molecule has 2 atom stereocenters. The van der Waals surface area contributed by atoms with E-state index in [0.717, 1.165) is 10.2 Å². The molecule has 2 aromatic rings. The van der Waals surface area contributed by atoms with Crippen molar-refractivity contribution >= 4 is 39.1 Å². The first kappa shape index (κ1) is 14.7. The van der Waals surface area contributed by atoms with Crippen molar-refractivity contribution < 1.29 is 14.3 Å². The number of methoxy groups -OCH3 is 2. The molecule has 0 aromatic carbocycles. The predicted molar refractivity (Wildman–Crippen MR) is 82.1 cm³/mol. The van der Waals surface area contributed by atoms with Crippen LogP contribution in [0.4, 0.5) is 0 Å². The van der Waals surface area contributed by atoms with Crippen LogP contribution >= 0.6 is 22.9 Å². The number of rotatable bonds is 3. The Labute approximate surface area is 131 Å². The molecule has 21 heavy (non-hydrogen) atoms. The lowest BCUT2D eigenvalue weighted by molar-refractivity contribution is -0.00461. The van der Waals surface area contributed by atoms with Crippen molar-refractivity contribution in [3.8, 4) is 0 Å². The van der Waals surface area contributed by atoms with Crippen LogP contribution in [-0.2, 0) is 9.47 Å². The number of carbonyl (C=O) groups is 1. The highest BCUT2D eigenvalue weighted by Crippen LogP contribution is 2.31. The van der Waals surface area contributed by atoms with Gasteiger partial charge in [-0.3, -0.25) is 9.78 Å². The number of halogens is 1. The summed E-state index contributed by atoms with van der Waals surface area (Å²) in [6.45, 7) is 1.06. The maximum absolute atomic E-state index is 12.6. The van der Waals surface area contributed by atoms with Crippen LogP contribution in [0, 0.1) is 0 Å². The van der Waals surface area contributed by atoms with Gasteiger partial charge in [-0.05, 0) is 12.1 Å². The molecule has 7 heteroatoms. The van der Waals surface area contributed by atoms with Crippen LogP contribution < -0.4 is 0 Å². The minimum Gasteiger partial charge on any atom is -0.377 e. The Bertz CT molecular complexity index is 663. The van der Waals surface area contributed by atoms with E-state index in [1.165, 1.54) is 11.3 Å². The first-order valence-corrected chi connectivity index (χ1v) is 7.72. The second-order valence-corrected chi connectivity index (χ2v) is 6.34. The standard InChI is InChI=1S/C14H15ClN2O3S/c1-19-10-6-17(7-11(10)20-2)14(18)12-5-9-13(21-12)8(15)3-4-16-9/h3-5,10-11H,6-7H2,1-2H3/t10-,11+. The molecule has 1 amide bonds. The van der Waals surface area contributed by atoms with Gasteiger partial charge in [-0.1, -0.05) is 11.6 Å². The summed E-state index contributed by atoms with van der Waals surface area (Å²) in [6, 6.07) is 3.52. The molecule has 3 heterocycles. The Morgan fingerprint density at radius 1 is 1.38 bits per heavy atom. The zero-order valence-electron chi connectivity index (χ0n) is 11.7. The third-order valence-electron chi connectivity index (χ3n) is 3.68. The van der Waals surface area contributed by atoms with Gasteiger partial charge in [-0.25, -0.2) is 0 Å². The smallest absolute Gasteiger partial charge is 0.264 e. The number of hydrogen-bond acceptors (Lipinski definition) is 5. The number of amides is 1. The molecule has 5 nitrogen and oxygen atoms in total. The van der Waals surface area contributed by atoms with Crippen molar-refractivity contribution in [2.75, 3.05) is 27.3 Å². The highest BCUT2D eigenvalue weighted by molar-refractivity contribution is 7.21. The van der Waals surface area contributed by atoms with E-state index in [1.807, 2.05) is 0 Å². The number of likely N-dealkylation sites (tertiary alicyclic amines) is 1. The summed E-state index contributed by atoms with van der Waals surface area (Å²) >= 11 is 7.50. The molecule has 0 spiro atoms. The van der Waals surface area contributed by atoms with Gasteiger partial charge < -0.3 is 14.4 Å². The van der Waals surface area contributed by atoms with E-state index >= 15 is 0 Å². The fraction of sp³-hybridized carbons (Fsp3) is 0.429. The largest absolute Gasteiger partial charge is 0.377 e. The number of aromatic nitrogens is 1. The lowest BCUT2D eigenvalue weighted by atomic mass is 10.3. The number of nitrogens with zero attached hydrogens (tertiary/aromatic N) is 2. The number of hydrogen-bond donors (Lipinski definition) is 0. The van der Waals surface area contributed by atoms with Gasteiger partial charge in [-0.15, -0.1) is 11.3 Å². The third-order valence-corrected chi connectivity index (χ3v) is 5.26. The first-order chi connectivity index (χ1) is 10.1. The van der Waals surface area contributed by atoms with E-state index in [-0.39, 0.29) is 18.1 Å². The summed E-state index contributed by atoms with van der Waals surface area (Å²) in [5.41, 5.74) is 0.752. The topological polar surface area (TPSA) is 51.7 Å². The molecule has 1 saturated heterocycles. The number of carbonyl (C=O) groups excluding carboxylic acids is 1. The van der Waals surface area contributed by atoms with E-state index in [9.17, 15) is 4.79 Å². The maximum Gasteiger partial charge on any atom is 0.264 e. The van der Waals surface area contributed by atoms with Crippen molar-refractivity contribution in [3.05, 3.63) is 28.2 Å². The molecule has 0 unspecified atom stereocenters. The minimum absolute atomic E-state index is 0.0318. The van der Waals surface area contributed by atoms with Gasteiger partial charge in [0.25, 0.3) is 5.91 Å². The molecule has 0 radical (unpaired) electrons. The Morgan fingerprint density at radius 2 is 2.05 bits per heavy atom. The van der Waals surface area contributed by atoms with Crippen LogP contribution in [0.15, 0.2) is 18.3 Å². The fourth-order valence-corrected chi connectivity index (χ4v) is 3.79. The predicted octanol–water partition coefficient (Wildman–Crippen LogP) is 2.44. The number of thiophene rings is 1. The van der Waals surface area contributed by atoms with E-state index in [4.69, 9.17) is 21.1 Å². The van der Waals surface area contributed by atoms with Crippen molar-refractivity contribution in [1.29, 1.82) is 0 Å². The molecule has 2 aromatic heterocycles. The summed E-state index contributed by atoms with van der Waals surface area (Å²) in [4.78, 5) is 19.2. The van der Waals surface area contributed by atoms with Gasteiger partial charge in [-0.2, -0.15) is 0 Å². The molecule has 0 N–H and O–H groups in total. The summed E-state index contributed by atoms with van der Waals surface area (Å²) < 4.78 is 11.6. The Kier molecular flexibility index (Phi) is 4.12. The molecule has 0 aliphatic carbocycles. The maximum atomic E-state index is 12.6. The lowest BCUT2D eigenvalue weighted by Gasteiger charge is -2.14. The van der Waals surface area contributed by atoms with Crippen molar-refractivity contribution in [2.24, 2.45) is 0 Å². The third kappa shape index (κ3) is 2.64. The van der Waals surface area contributed by atoms with Gasteiger partial charge >= 0.3 is 0 Å². The van der Waals surface area contributed by atoms with Gasteiger partial charge in [0.15, 0.2) is 0 Å². The second-order valence-electron chi connectivity index (χ2n) is 4.88. The van der Waals surface area contributed by atoms with Gasteiger partial charge in [0.05, 0.1) is 20.1 Å². The van der Waals surface area contributed by atoms with Crippen LogP contribution in [-0.4, -0.2) is 55.3 Å². The summed E-state index contributed by atoms with van der Waals surface area (Å²) in [5, 5.41) is 0.620. The molecule has 112 valence electrons. The molecule has 3 rings (SSSR count). The molecule has 1 aliphatic rings. The number of ether oxygens (including phenoxy) is 2. The van der Waals surface area contributed by atoms with Crippen LogP contribution in [0.2, 0.25) is 5.02 Å². The van der Waals surface area contributed by atoms with Crippen LogP contribution in [0.1, 0.15) is 9.67 Å². The van der Waals surface area contributed by atoms with E-state index < -0.39 is 0 Å². The van der Waals surface area contributed by atoms with Crippen LogP contribution in [0.3, 0.4) is 0 Å². The van der Waals surface area contributed by atoms with E-state index in [0.29, 0.717) is 23.0 Å². The van der Waals surface area contributed by atoms with Gasteiger partial charge in [0, 0.05) is 33.5 Å². The highest BCUT2D eigenvalue weighted by atomic mass is 35.5. The van der Waals surface area contributed by atoms with Crippen LogP contribution in [0.25, 0.3) is 10.2 Å². The summed E-state index contributed by atoms with van der Waals surface area (Å²) in [6.07, 6.45) is 1.47. The van der Waals surface area contributed by atoms with Crippen LogP contribution in [0.5, 0.6) is 0 Å². The Hall–Kier alpha value is -1.21. The average Bonchev–Trinajstić information content (AvgIpc) is 3.10. The highest BCUT2D eigenvalue weighted by Gasteiger charge is 2.36. The van der Waals surface area contributed by atoms with Crippen molar-refractivity contribution in [1.82, 2.24) is 9.88 Å². The molecule has 0 bridgehead atoms. The van der Waals surface area contributed by atoms with Gasteiger partial charge in [0.1, 0.15) is 12.2 Å². The molecule has 0 saturated carbocycles. The van der Waals surface area contributed by atoms with Crippen molar-refractivity contribution in [3.63, 3.8) is 0 Å². The fourth-order valence-electron chi connectivity index (χ4n) is 2.53. The molecule has 1 fully saturated rings. The second kappa shape index (κ2) is 5.88. The molecular formula is C14H15ClN2O3S. The molecule has 1 aliphatic heterocycles. The minimum atomic E-state index is -0.0879. The number of pyridine rings is 1. The quantitative estimate of drug-likeness (QED) is 0.869. The SMILES string of the molecule is CO[C@H]1CN(C(=O)c2cc3nccc(Cl)c3s2)C[C@H]1OC. The molecular weight excluding hydrogens is 312 g/mol. The van der Waals surface area contributed by atoms with Crippen molar-refractivity contribution in [2.45, 2.75) is 12.2 Å². The number of fused-ring (bicyclic) bond motifs is 1. The zero-order valence-corrected chi connectivity index (χ0v) is 13.3. The zero-order chi connectivity index (χ0) is 15.0. The van der Waals surface area contributed by atoms with E-state index in [1.54, 1.807) is 37.4 Å². The summed E-state index contributed by atoms with van der Waals surface area (Å²) in [5.74, 6) is -0.0318. The average molecular weight is 327 g/mol. The lowest BCUT2D eigenvalue weighted by Crippen LogP contribution is -2.29. The monoisotopic (exact) mass is 326 g/mol. The summed E-state index contributed by atoms with van der Waals surface area (Å²) in [7, 11) is 3.27. The Balaban J connectivity index is 1.86. The van der Waals surface area contributed by atoms with E-state index in [2.05, 4.69) is 4.98 Å².